The average molecular weight is 258 g/mol. The first-order valence-corrected chi connectivity index (χ1v) is 5.12. The van der Waals surface area contributed by atoms with Crippen LogP contribution in [0.25, 0.3) is 0 Å². The second-order valence-electron chi connectivity index (χ2n) is 2.74. The summed E-state index contributed by atoms with van der Waals surface area (Å²) in [6, 6.07) is 0. The number of amides is 1. The molecule has 1 amide bonds. The highest BCUT2D eigenvalue weighted by atomic mass is 79.9. The molecule has 1 aliphatic rings. The van der Waals surface area contributed by atoms with E-state index in [0.29, 0.717) is 6.61 Å². The molecule has 1 heterocycles. The number of rotatable bonds is 1. The SMILES string of the molecule is CCOC(=O)N1C=CC(Br)=CC=C1C. The predicted octanol–water partition coefficient (Wildman–Crippen LogP) is 3.15. The monoisotopic (exact) mass is 257 g/mol. The molecule has 0 saturated heterocycles. The van der Waals surface area contributed by atoms with E-state index in [4.69, 9.17) is 4.74 Å². The lowest BCUT2D eigenvalue weighted by molar-refractivity contribution is 0.130. The van der Waals surface area contributed by atoms with Crippen LogP contribution in [0, 0.1) is 0 Å². The quantitative estimate of drug-likeness (QED) is 0.723. The van der Waals surface area contributed by atoms with E-state index in [1.807, 2.05) is 19.1 Å². The lowest BCUT2D eigenvalue weighted by Gasteiger charge is -2.16. The molecule has 1 aliphatic heterocycles. The first kappa shape index (κ1) is 11.0. The molecule has 3 nitrogen and oxygen atoms in total. The Labute approximate surface area is 91.9 Å². The van der Waals surface area contributed by atoms with Crippen molar-refractivity contribution in [2.24, 2.45) is 0 Å². The van der Waals surface area contributed by atoms with E-state index in [1.165, 1.54) is 4.90 Å². The zero-order chi connectivity index (χ0) is 10.6. The number of carbonyl (C=O) groups excluding carboxylic acids is 1. The minimum absolute atomic E-state index is 0.354. The topological polar surface area (TPSA) is 29.5 Å². The molecule has 14 heavy (non-hydrogen) atoms. The standard InChI is InChI=1S/C10H12BrNO2/c1-3-14-10(13)12-7-6-9(11)5-4-8(12)2/h4-7H,3H2,1-2H3. The van der Waals surface area contributed by atoms with Crippen molar-refractivity contribution >= 4 is 22.0 Å². The van der Waals surface area contributed by atoms with Crippen LogP contribution in [0.2, 0.25) is 0 Å². The summed E-state index contributed by atoms with van der Waals surface area (Å²) < 4.78 is 5.82. The van der Waals surface area contributed by atoms with E-state index in [2.05, 4.69) is 15.9 Å². The van der Waals surface area contributed by atoms with Crippen molar-refractivity contribution < 1.29 is 9.53 Å². The molecular weight excluding hydrogens is 246 g/mol. The summed E-state index contributed by atoms with van der Waals surface area (Å²) in [6.45, 7) is 4.01. The van der Waals surface area contributed by atoms with Gasteiger partial charge in [-0.25, -0.2) is 4.79 Å². The van der Waals surface area contributed by atoms with Crippen LogP contribution in [-0.2, 0) is 4.74 Å². The van der Waals surface area contributed by atoms with E-state index in [0.717, 1.165) is 10.2 Å². The second kappa shape index (κ2) is 5.00. The lowest BCUT2D eigenvalue weighted by Crippen LogP contribution is -2.24. The van der Waals surface area contributed by atoms with Gasteiger partial charge in [-0.1, -0.05) is 15.9 Å². The molecule has 0 N–H and O–H groups in total. The molecule has 0 aliphatic carbocycles. The first-order chi connectivity index (χ1) is 6.65. The van der Waals surface area contributed by atoms with E-state index in [-0.39, 0.29) is 6.09 Å². The van der Waals surface area contributed by atoms with Gasteiger partial charge in [-0.05, 0) is 32.1 Å². The summed E-state index contributed by atoms with van der Waals surface area (Å²) in [4.78, 5) is 12.9. The predicted molar refractivity (Wildman–Crippen MR) is 58.8 cm³/mol. The molecule has 0 aromatic heterocycles. The maximum absolute atomic E-state index is 11.4. The van der Waals surface area contributed by atoms with Gasteiger partial charge in [0.05, 0.1) is 6.61 Å². The second-order valence-corrected chi connectivity index (χ2v) is 3.66. The number of hydrogen-bond acceptors (Lipinski definition) is 2. The third-order valence-electron chi connectivity index (χ3n) is 1.71. The Bertz CT molecular complexity index is 318. The Morgan fingerprint density at radius 1 is 1.57 bits per heavy atom. The molecule has 0 spiro atoms. The molecule has 0 bridgehead atoms. The lowest BCUT2D eigenvalue weighted by atomic mass is 10.4. The molecule has 0 aromatic rings. The first-order valence-electron chi connectivity index (χ1n) is 4.33. The van der Waals surface area contributed by atoms with Gasteiger partial charge in [0.25, 0.3) is 0 Å². The molecule has 0 saturated carbocycles. The Balaban J connectivity index is 2.81. The van der Waals surface area contributed by atoms with Gasteiger partial charge >= 0.3 is 6.09 Å². The maximum Gasteiger partial charge on any atom is 0.418 e. The van der Waals surface area contributed by atoms with Gasteiger partial charge in [0.1, 0.15) is 0 Å². The van der Waals surface area contributed by atoms with Gasteiger partial charge in [-0.15, -0.1) is 0 Å². The van der Waals surface area contributed by atoms with Crippen LogP contribution in [0.3, 0.4) is 0 Å². The summed E-state index contributed by atoms with van der Waals surface area (Å²) in [7, 11) is 0. The fraction of sp³-hybridized carbons (Fsp3) is 0.300. The van der Waals surface area contributed by atoms with E-state index in [1.54, 1.807) is 19.2 Å². The molecule has 76 valence electrons. The summed E-state index contributed by atoms with van der Waals surface area (Å²) >= 11 is 3.33. The fourth-order valence-corrected chi connectivity index (χ4v) is 1.25. The average Bonchev–Trinajstić information content (AvgIpc) is 2.30. The number of nitrogens with zero attached hydrogens (tertiary/aromatic N) is 1. The number of allylic oxidation sites excluding steroid dienone is 5. The van der Waals surface area contributed by atoms with Crippen molar-refractivity contribution in [2.75, 3.05) is 6.61 Å². The minimum Gasteiger partial charge on any atom is -0.449 e. The van der Waals surface area contributed by atoms with Gasteiger partial charge in [0.2, 0.25) is 0 Å². The highest BCUT2D eigenvalue weighted by Crippen LogP contribution is 2.16. The summed E-state index contributed by atoms with van der Waals surface area (Å²) in [6.07, 6.45) is 6.85. The van der Waals surface area contributed by atoms with Crippen molar-refractivity contribution in [1.29, 1.82) is 0 Å². The van der Waals surface area contributed by atoms with Crippen LogP contribution in [0.5, 0.6) is 0 Å². The number of hydrogen-bond donors (Lipinski definition) is 0. The Hall–Kier alpha value is -1.03. The molecule has 0 fully saturated rings. The van der Waals surface area contributed by atoms with E-state index in [9.17, 15) is 4.79 Å². The molecular formula is C10H12BrNO2. The van der Waals surface area contributed by atoms with Crippen molar-refractivity contribution in [1.82, 2.24) is 4.90 Å². The zero-order valence-electron chi connectivity index (χ0n) is 8.16. The molecule has 0 atom stereocenters. The van der Waals surface area contributed by atoms with Gasteiger partial charge in [0.15, 0.2) is 0 Å². The van der Waals surface area contributed by atoms with Crippen molar-refractivity contribution in [3.8, 4) is 0 Å². The Morgan fingerprint density at radius 2 is 2.29 bits per heavy atom. The molecule has 0 unspecified atom stereocenters. The Kier molecular flexibility index (Phi) is 3.95. The number of carbonyl (C=O) groups is 1. The van der Waals surface area contributed by atoms with Crippen molar-refractivity contribution in [3.63, 3.8) is 0 Å². The fourth-order valence-electron chi connectivity index (χ4n) is 0.997. The third kappa shape index (κ3) is 2.73. The maximum atomic E-state index is 11.4. The summed E-state index contributed by atoms with van der Waals surface area (Å²) in [5.41, 5.74) is 0.828. The molecule has 0 aromatic carbocycles. The Morgan fingerprint density at radius 3 is 2.93 bits per heavy atom. The van der Waals surface area contributed by atoms with Crippen molar-refractivity contribution in [2.45, 2.75) is 13.8 Å². The van der Waals surface area contributed by atoms with Crippen molar-refractivity contribution in [3.05, 3.63) is 34.6 Å². The van der Waals surface area contributed by atoms with Gasteiger partial charge in [0, 0.05) is 16.4 Å². The largest absolute Gasteiger partial charge is 0.449 e. The molecule has 4 heteroatoms. The summed E-state index contributed by atoms with van der Waals surface area (Å²) in [5, 5.41) is 0. The smallest absolute Gasteiger partial charge is 0.418 e. The van der Waals surface area contributed by atoms with E-state index >= 15 is 0 Å². The minimum atomic E-state index is -0.354. The number of ether oxygens (including phenoxy) is 1. The van der Waals surface area contributed by atoms with Crippen LogP contribution in [0.15, 0.2) is 34.6 Å². The van der Waals surface area contributed by atoms with Crippen LogP contribution in [-0.4, -0.2) is 17.6 Å². The molecule has 1 rings (SSSR count). The van der Waals surface area contributed by atoms with Crippen LogP contribution >= 0.6 is 15.9 Å². The zero-order valence-corrected chi connectivity index (χ0v) is 9.74. The van der Waals surface area contributed by atoms with Gasteiger partial charge in [-0.3, -0.25) is 4.90 Å². The molecule has 0 radical (unpaired) electrons. The van der Waals surface area contributed by atoms with E-state index < -0.39 is 0 Å². The van der Waals surface area contributed by atoms with Crippen LogP contribution in [0.1, 0.15) is 13.8 Å². The van der Waals surface area contributed by atoms with Crippen LogP contribution in [0.4, 0.5) is 4.79 Å². The summed E-state index contributed by atoms with van der Waals surface area (Å²) in [5.74, 6) is 0. The third-order valence-corrected chi connectivity index (χ3v) is 2.24. The van der Waals surface area contributed by atoms with Gasteiger partial charge in [-0.2, -0.15) is 0 Å². The van der Waals surface area contributed by atoms with Crippen LogP contribution < -0.4 is 0 Å². The normalized spacial score (nSPS) is 15.8. The highest BCUT2D eigenvalue weighted by molar-refractivity contribution is 9.11. The number of halogens is 1. The van der Waals surface area contributed by atoms with Gasteiger partial charge < -0.3 is 4.74 Å². The highest BCUT2D eigenvalue weighted by Gasteiger charge is 2.14.